The first kappa shape index (κ1) is 25.5. The van der Waals surface area contributed by atoms with E-state index in [-0.39, 0.29) is 47.9 Å². The van der Waals surface area contributed by atoms with Gasteiger partial charge in [0.25, 0.3) is 0 Å². The number of amides is 1. The number of carbonyl (C=O) groups excluding carboxylic acids is 1. The van der Waals surface area contributed by atoms with E-state index in [0.29, 0.717) is 6.54 Å². The van der Waals surface area contributed by atoms with Gasteiger partial charge in [-0.15, -0.1) is 24.0 Å². The normalized spacial score (nSPS) is 16.7. The minimum absolute atomic E-state index is 0. The monoisotopic (exact) mass is 516 g/mol. The lowest BCUT2D eigenvalue weighted by Crippen LogP contribution is -2.45. The lowest BCUT2D eigenvalue weighted by Gasteiger charge is -2.20. The molecule has 2 rings (SSSR count). The molecule has 0 spiro atoms. The van der Waals surface area contributed by atoms with Gasteiger partial charge in [0.1, 0.15) is 5.75 Å². The fourth-order valence-corrected chi connectivity index (χ4v) is 3.26. The van der Waals surface area contributed by atoms with Crippen LogP contribution in [-0.4, -0.2) is 55.1 Å². The zero-order valence-electron chi connectivity index (χ0n) is 18.4. The van der Waals surface area contributed by atoms with Crippen molar-refractivity contribution in [2.45, 2.75) is 59.6 Å². The van der Waals surface area contributed by atoms with Crippen LogP contribution in [0.15, 0.2) is 29.3 Å². The highest BCUT2D eigenvalue weighted by Gasteiger charge is 2.27. The Morgan fingerprint density at radius 1 is 1.24 bits per heavy atom. The molecule has 1 aliphatic heterocycles. The van der Waals surface area contributed by atoms with Crippen molar-refractivity contribution in [1.82, 2.24) is 15.5 Å². The van der Waals surface area contributed by atoms with E-state index >= 15 is 0 Å². The van der Waals surface area contributed by atoms with E-state index in [2.05, 4.69) is 29.7 Å². The van der Waals surface area contributed by atoms with Gasteiger partial charge >= 0.3 is 0 Å². The number of hydrogen-bond donors (Lipinski definition) is 2. The summed E-state index contributed by atoms with van der Waals surface area (Å²) in [5, 5.41) is 6.79. The third-order valence-electron chi connectivity index (χ3n) is 4.64. The Labute approximate surface area is 192 Å². The summed E-state index contributed by atoms with van der Waals surface area (Å²) in [6, 6.07) is 8.48. The molecular formula is C22H37IN4O2. The maximum atomic E-state index is 12.2. The largest absolute Gasteiger partial charge is 0.491 e. The van der Waals surface area contributed by atoms with Gasteiger partial charge in [-0.3, -0.25) is 9.79 Å². The number of rotatable bonds is 8. The highest BCUT2D eigenvalue weighted by Crippen LogP contribution is 2.15. The molecule has 1 fully saturated rings. The molecule has 164 valence electrons. The first-order valence-corrected chi connectivity index (χ1v) is 10.5. The van der Waals surface area contributed by atoms with E-state index in [1.165, 1.54) is 5.56 Å². The van der Waals surface area contributed by atoms with Gasteiger partial charge in [0.2, 0.25) is 5.91 Å². The Bertz CT molecular complexity index is 647. The van der Waals surface area contributed by atoms with E-state index < -0.39 is 0 Å². The van der Waals surface area contributed by atoms with Crippen molar-refractivity contribution >= 4 is 35.8 Å². The smallest absolute Gasteiger partial charge is 0.225 e. The maximum absolute atomic E-state index is 12.2. The number of benzene rings is 1. The van der Waals surface area contributed by atoms with Gasteiger partial charge in [0, 0.05) is 38.1 Å². The maximum Gasteiger partial charge on any atom is 0.225 e. The molecule has 1 aromatic carbocycles. The van der Waals surface area contributed by atoms with Gasteiger partial charge in [0.05, 0.1) is 6.10 Å². The molecule has 0 bridgehead atoms. The molecule has 1 aromatic rings. The first-order chi connectivity index (χ1) is 13.4. The second-order valence-electron chi connectivity index (χ2n) is 7.89. The Balaban J connectivity index is 0.00000420. The molecular weight excluding hydrogens is 479 g/mol. The second kappa shape index (κ2) is 12.9. The van der Waals surface area contributed by atoms with E-state index in [9.17, 15) is 4.79 Å². The Hall–Kier alpha value is -1.51. The van der Waals surface area contributed by atoms with Gasteiger partial charge in [-0.2, -0.15) is 0 Å². The molecule has 1 amide bonds. The summed E-state index contributed by atoms with van der Waals surface area (Å²) in [5.74, 6) is 2.01. The molecule has 0 radical (unpaired) electrons. The van der Waals surface area contributed by atoms with Crippen LogP contribution in [0.5, 0.6) is 5.75 Å². The number of likely N-dealkylation sites (tertiary alicyclic amines) is 1. The van der Waals surface area contributed by atoms with Gasteiger partial charge in [0.15, 0.2) is 5.96 Å². The molecule has 0 saturated carbocycles. The Morgan fingerprint density at radius 3 is 2.52 bits per heavy atom. The zero-order chi connectivity index (χ0) is 20.5. The van der Waals surface area contributed by atoms with Crippen LogP contribution in [0.4, 0.5) is 0 Å². The molecule has 29 heavy (non-hydrogen) atoms. The SMILES string of the molecule is CCNC(=NCCc1ccc(OC(C)C)cc1)NC1CCN(C(=O)C(C)C)C1.I. The number of hydrogen-bond acceptors (Lipinski definition) is 3. The molecule has 1 aliphatic rings. The van der Waals surface area contributed by atoms with Crippen molar-refractivity contribution in [2.75, 3.05) is 26.2 Å². The number of carbonyl (C=O) groups is 1. The predicted octanol–water partition coefficient (Wildman–Crippen LogP) is 3.45. The van der Waals surface area contributed by atoms with Crippen molar-refractivity contribution in [3.05, 3.63) is 29.8 Å². The summed E-state index contributed by atoms with van der Waals surface area (Å²) >= 11 is 0. The average molecular weight is 516 g/mol. The van der Waals surface area contributed by atoms with Crippen LogP contribution in [0.1, 0.15) is 46.6 Å². The summed E-state index contributed by atoms with van der Waals surface area (Å²) < 4.78 is 5.68. The standard InChI is InChI=1S/C22H36N4O2.HI/c1-6-23-22(25-19-12-14-26(15-19)21(27)16(2)3)24-13-11-18-7-9-20(10-8-18)28-17(4)5;/h7-10,16-17,19H,6,11-15H2,1-5H3,(H2,23,24,25);1H. The molecule has 0 aromatic heterocycles. The molecule has 1 unspecified atom stereocenters. The summed E-state index contributed by atoms with van der Waals surface area (Å²) in [5.41, 5.74) is 1.24. The van der Waals surface area contributed by atoms with E-state index in [1.54, 1.807) is 0 Å². The molecule has 1 atom stereocenters. The average Bonchev–Trinajstić information content (AvgIpc) is 3.10. The third-order valence-corrected chi connectivity index (χ3v) is 4.64. The van der Waals surface area contributed by atoms with Crippen LogP contribution in [0.2, 0.25) is 0 Å². The van der Waals surface area contributed by atoms with E-state index in [0.717, 1.165) is 44.2 Å². The summed E-state index contributed by atoms with van der Waals surface area (Å²) in [6.45, 7) is 13.1. The Kier molecular flexibility index (Phi) is 11.4. The van der Waals surface area contributed by atoms with Crippen LogP contribution >= 0.6 is 24.0 Å². The fourth-order valence-electron chi connectivity index (χ4n) is 3.26. The number of guanidine groups is 1. The second-order valence-corrected chi connectivity index (χ2v) is 7.89. The lowest BCUT2D eigenvalue weighted by atomic mass is 10.1. The van der Waals surface area contributed by atoms with Crippen LogP contribution in [-0.2, 0) is 11.2 Å². The molecule has 1 heterocycles. The molecule has 6 nitrogen and oxygen atoms in total. The minimum Gasteiger partial charge on any atom is -0.491 e. The molecule has 2 N–H and O–H groups in total. The number of halogens is 1. The van der Waals surface area contributed by atoms with Gasteiger partial charge in [-0.05, 0) is 51.3 Å². The summed E-state index contributed by atoms with van der Waals surface area (Å²) in [4.78, 5) is 18.8. The quantitative estimate of drug-likeness (QED) is 0.316. The van der Waals surface area contributed by atoms with Gasteiger partial charge < -0.3 is 20.3 Å². The molecule has 0 aliphatic carbocycles. The lowest BCUT2D eigenvalue weighted by molar-refractivity contribution is -0.133. The minimum atomic E-state index is 0. The van der Waals surface area contributed by atoms with Crippen molar-refractivity contribution in [2.24, 2.45) is 10.9 Å². The van der Waals surface area contributed by atoms with Crippen molar-refractivity contribution < 1.29 is 9.53 Å². The van der Waals surface area contributed by atoms with Crippen LogP contribution in [0.25, 0.3) is 0 Å². The Morgan fingerprint density at radius 2 is 1.93 bits per heavy atom. The van der Waals surface area contributed by atoms with E-state index in [4.69, 9.17) is 9.73 Å². The number of aliphatic imine (C=N–C) groups is 1. The topological polar surface area (TPSA) is 66.0 Å². The van der Waals surface area contributed by atoms with Crippen LogP contribution < -0.4 is 15.4 Å². The molecule has 7 heteroatoms. The van der Waals surface area contributed by atoms with Gasteiger partial charge in [-0.25, -0.2) is 0 Å². The van der Waals surface area contributed by atoms with Gasteiger partial charge in [-0.1, -0.05) is 26.0 Å². The van der Waals surface area contributed by atoms with Crippen molar-refractivity contribution in [1.29, 1.82) is 0 Å². The summed E-state index contributed by atoms with van der Waals surface area (Å²) in [7, 11) is 0. The van der Waals surface area contributed by atoms with Crippen LogP contribution in [0, 0.1) is 5.92 Å². The van der Waals surface area contributed by atoms with Crippen molar-refractivity contribution in [3.63, 3.8) is 0 Å². The fraction of sp³-hybridized carbons (Fsp3) is 0.636. The zero-order valence-corrected chi connectivity index (χ0v) is 20.7. The first-order valence-electron chi connectivity index (χ1n) is 10.5. The highest BCUT2D eigenvalue weighted by atomic mass is 127. The summed E-state index contributed by atoms with van der Waals surface area (Å²) in [6.07, 6.45) is 2.02. The third kappa shape index (κ3) is 8.80. The number of ether oxygens (including phenoxy) is 1. The van der Waals surface area contributed by atoms with E-state index in [1.807, 2.05) is 44.7 Å². The van der Waals surface area contributed by atoms with Crippen molar-refractivity contribution in [3.8, 4) is 5.75 Å². The van der Waals surface area contributed by atoms with Crippen LogP contribution in [0.3, 0.4) is 0 Å². The number of nitrogens with zero attached hydrogens (tertiary/aromatic N) is 2. The highest BCUT2D eigenvalue weighted by molar-refractivity contribution is 14.0. The predicted molar refractivity (Wildman–Crippen MR) is 130 cm³/mol. The number of nitrogens with one attached hydrogen (secondary N) is 2. The molecule has 1 saturated heterocycles.